The molecule has 1 amide bonds. The van der Waals surface area contributed by atoms with E-state index in [4.69, 9.17) is 23.2 Å². The van der Waals surface area contributed by atoms with Gasteiger partial charge in [0.2, 0.25) is 11.9 Å². The lowest BCUT2D eigenvalue weighted by Gasteiger charge is -2.24. The number of para-hydroxylation sites is 1. The zero-order chi connectivity index (χ0) is 19.0. The minimum absolute atomic E-state index is 0.205. The van der Waals surface area contributed by atoms with Crippen LogP contribution in [-0.2, 0) is 11.2 Å². The number of nitrogens with one attached hydrogen (secondary N) is 3. The quantitative estimate of drug-likeness (QED) is 0.617. The summed E-state index contributed by atoms with van der Waals surface area (Å²) < 4.78 is 0. The van der Waals surface area contributed by atoms with Crippen molar-refractivity contribution in [3.63, 3.8) is 0 Å². The van der Waals surface area contributed by atoms with Gasteiger partial charge in [-0.3, -0.25) is 14.6 Å². The number of aromatic nitrogens is 2. The van der Waals surface area contributed by atoms with E-state index in [0.29, 0.717) is 21.2 Å². The third-order valence-electron chi connectivity index (χ3n) is 4.36. The second-order valence-corrected chi connectivity index (χ2v) is 6.99. The number of H-pyrrole nitrogens is 1. The third-order valence-corrected chi connectivity index (χ3v) is 4.92. The van der Waals surface area contributed by atoms with Crippen LogP contribution in [0.3, 0.4) is 0 Å². The van der Waals surface area contributed by atoms with Gasteiger partial charge in [-0.05, 0) is 36.2 Å². The Labute approximate surface area is 164 Å². The van der Waals surface area contributed by atoms with E-state index >= 15 is 0 Å². The van der Waals surface area contributed by atoms with Crippen LogP contribution in [0.5, 0.6) is 0 Å². The van der Waals surface area contributed by atoms with Crippen LogP contribution in [0.25, 0.3) is 0 Å². The summed E-state index contributed by atoms with van der Waals surface area (Å²) in [5.74, 6) is -0.342. The van der Waals surface area contributed by atoms with Gasteiger partial charge in [0.1, 0.15) is 5.82 Å². The van der Waals surface area contributed by atoms with Crippen molar-refractivity contribution in [1.82, 2.24) is 9.97 Å². The average molecular weight is 401 g/mol. The van der Waals surface area contributed by atoms with Crippen molar-refractivity contribution in [2.75, 3.05) is 10.6 Å². The van der Waals surface area contributed by atoms with Crippen molar-refractivity contribution in [3.05, 3.63) is 80.1 Å². The summed E-state index contributed by atoms with van der Waals surface area (Å²) in [6, 6.07) is 14.2. The molecule has 0 saturated carbocycles. The molecule has 2 heterocycles. The highest BCUT2D eigenvalue weighted by Crippen LogP contribution is 2.34. The van der Waals surface area contributed by atoms with Crippen molar-refractivity contribution in [2.45, 2.75) is 12.3 Å². The van der Waals surface area contributed by atoms with Crippen LogP contribution in [0.4, 0.5) is 17.5 Å². The van der Waals surface area contributed by atoms with E-state index in [0.717, 1.165) is 5.69 Å². The maximum atomic E-state index is 12.6. The first-order valence-electron chi connectivity index (χ1n) is 8.22. The van der Waals surface area contributed by atoms with Gasteiger partial charge in [0, 0.05) is 15.7 Å². The standard InChI is InChI=1S/C19H14Cl2N4O2/c20-10-6-7-12(15(21)8-10)13-9-14-16(23-17(13)26)24-19(25-18(14)27)22-11-4-2-1-3-5-11/h1-8,13H,9H2,(H3,22,23,24,25,26,27). The lowest BCUT2D eigenvalue weighted by Crippen LogP contribution is -2.33. The summed E-state index contributed by atoms with van der Waals surface area (Å²) in [4.78, 5) is 32.2. The number of fused-ring (bicyclic) bond motifs is 1. The molecule has 0 spiro atoms. The van der Waals surface area contributed by atoms with E-state index in [-0.39, 0.29) is 29.7 Å². The molecule has 8 heteroatoms. The molecule has 136 valence electrons. The van der Waals surface area contributed by atoms with Crippen molar-refractivity contribution in [2.24, 2.45) is 0 Å². The first-order valence-corrected chi connectivity index (χ1v) is 8.98. The number of benzene rings is 2. The molecule has 6 nitrogen and oxygen atoms in total. The molecular weight excluding hydrogens is 387 g/mol. The van der Waals surface area contributed by atoms with E-state index in [2.05, 4.69) is 20.6 Å². The number of anilines is 3. The predicted molar refractivity (Wildman–Crippen MR) is 106 cm³/mol. The fourth-order valence-electron chi connectivity index (χ4n) is 3.04. The fraction of sp³-hybridized carbons (Fsp3) is 0.105. The molecular formula is C19H14Cl2N4O2. The van der Waals surface area contributed by atoms with Crippen LogP contribution in [0.1, 0.15) is 17.0 Å². The number of carbonyl (C=O) groups is 1. The maximum Gasteiger partial charge on any atom is 0.257 e. The Morgan fingerprint density at radius 3 is 2.59 bits per heavy atom. The molecule has 1 aromatic heterocycles. The molecule has 3 aromatic rings. The van der Waals surface area contributed by atoms with Crippen LogP contribution >= 0.6 is 23.2 Å². The maximum absolute atomic E-state index is 12.6. The molecule has 1 atom stereocenters. The van der Waals surface area contributed by atoms with Gasteiger partial charge in [-0.25, -0.2) is 0 Å². The average Bonchev–Trinajstić information content (AvgIpc) is 2.63. The Morgan fingerprint density at radius 1 is 1.07 bits per heavy atom. The lowest BCUT2D eigenvalue weighted by atomic mass is 9.89. The smallest absolute Gasteiger partial charge is 0.257 e. The number of rotatable bonds is 3. The largest absolute Gasteiger partial charge is 0.326 e. The molecule has 3 N–H and O–H groups in total. The van der Waals surface area contributed by atoms with E-state index in [9.17, 15) is 9.59 Å². The van der Waals surface area contributed by atoms with Crippen molar-refractivity contribution in [3.8, 4) is 0 Å². The van der Waals surface area contributed by atoms with Gasteiger partial charge in [-0.2, -0.15) is 4.98 Å². The zero-order valence-corrected chi connectivity index (χ0v) is 15.4. The fourth-order valence-corrected chi connectivity index (χ4v) is 3.58. The normalized spacial score (nSPS) is 15.8. The van der Waals surface area contributed by atoms with Gasteiger partial charge in [-0.15, -0.1) is 0 Å². The Morgan fingerprint density at radius 2 is 1.85 bits per heavy atom. The highest BCUT2D eigenvalue weighted by atomic mass is 35.5. The molecule has 1 aliphatic rings. The van der Waals surface area contributed by atoms with Crippen LogP contribution in [0.2, 0.25) is 10.0 Å². The minimum Gasteiger partial charge on any atom is -0.326 e. The number of aromatic amines is 1. The van der Waals surface area contributed by atoms with Gasteiger partial charge < -0.3 is 10.6 Å². The Hall–Kier alpha value is -2.83. The summed E-state index contributed by atoms with van der Waals surface area (Å²) in [6.07, 6.45) is 0.205. The molecule has 4 rings (SSSR count). The summed E-state index contributed by atoms with van der Waals surface area (Å²) in [5.41, 5.74) is 1.49. The molecule has 0 saturated heterocycles. The monoisotopic (exact) mass is 400 g/mol. The van der Waals surface area contributed by atoms with Crippen LogP contribution in [0.15, 0.2) is 53.3 Å². The summed E-state index contributed by atoms with van der Waals surface area (Å²) in [7, 11) is 0. The Kier molecular flexibility index (Phi) is 4.59. The first kappa shape index (κ1) is 17.6. The Bertz CT molecular complexity index is 1080. The third kappa shape index (κ3) is 3.54. The minimum atomic E-state index is -0.585. The van der Waals surface area contributed by atoms with E-state index < -0.39 is 5.92 Å². The molecule has 0 bridgehead atoms. The zero-order valence-electron chi connectivity index (χ0n) is 13.9. The predicted octanol–water partition coefficient (Wildman–Crippen LogP) is 4.10. The molecule has 2 aromatic carbocycles. The number of hydrogen-bond donors (Lipinski definition) is 3. The van der Waals surface area contributed by atoms with Gasteiger partial charge in [-0.1, -0.05) is 47.5 Å². The van der Waals surface area contributed by atoms with E-state index in [1.54, 1.807) is 18.2 Å². The number of halogens is 2. The van der Waals surface area contributed by atoms with Gasteiger partial charge in [0.25, 0.3) is 5.56 Å². The molecule has 0 fully saturated rings. The second-order valence-electron chi connectivity index (χ2n) is 6.14. The van der Waals surface area contributed by atoms with Crippen molar-refractivity contribution in [1.29, 1.82) is 0 Å². The van der Waals surface area contributed by atoms with E-state index in [1.165, 1.54) is 0 Å². The number of nitrogens with zero attached hydrogens (tertiary/aromatic N) is 1. The molecule has 0 radical (unpaired) electrons. The van der Waals surface area contributed by atoms with Crippen LogP contribution in [0, 0.1) is 0 Å². The molecule has 0 aliphatic carbocycles. The molecule has 1 aliphatic heterocycles. The summed E-state index contributed by atoms with van der Waals surface area (Å²) >= 11 is 12.2. The number of carbonyl (C=O) groups excluding carboxylic acids is 1. The van der Waals surface area contributed by atoms with Gasteiger partial charge in [0.05, 0.1) is 11.5 Å². The summed E-state index contributed by atoms with van der Waals surface area (Å²) in [5, 5.41) is 6.60. The molecule has 1 unspecified atom stereocenters. The van der Waals surface area contributed by atoms with Gasteiger partial charge >= 0.3 is 0 Å². The van der Waals surface area contributed by atoms with Crippen LogP contribution in [-0.4, -0.2) is 15.9 Å². The van der Waals surface area contributed by atoms with E-state index in [1.807, 2.05) is 30.3 Å². The van der Waals surface area contributed by atoms with Crippen molar-refractivity contribution >= 4 is 46.6 Å². The van der Waals surface area contributed by atoms with Gasteiger partial charge in [0.15, 0.2) is 0 Å². The molecule has 27 heavy (non-hydrogen) atoms. The highest BCUT2D eigenvalue weighted by molar-refractivity contribution is 6.35. The SMILES string of the molecule is O=C1Nc2nc(Nc3ccccc3)[nH]c(=O)c2CC1c1ccc(Cl)cc1Cl. The Balaban J connectivity index is 1.67. The number of hydrogen-bond acceptors (Lipinski definition) is 4. The lowest BCUT2D eigenvalue weighted by molar-refractivity contribution is -0.117. The van der Waals surface area contributed by atoms with Crippen molar-refractivity contribution < 1.29 is 4.79 Å². The second kappa shape index (κ2) is 7.06. The van der Waals surface area contributed by atoms with Crippen LogP contribution < -0.4 is 16.2 Å². The first-order chi connectivity index (χ1) is 13.0. The summed E-state index contributed by atoms with van der Waals surface area (Å²) in [6.45, 7) is 0. The highest BCUT2D eigenvalue weighted by Gasteiger charge is 2.32. The number of amides is 1. The topological polar surface area (TPSA) is 86.9 Å².